The molecule has 1 aromatic carbocycles. The van der Waals surface area contributed by atoms with Crippen molar-refractivity contribution >= 4 is 11.8 Å². The third-order valence-corrected chi connectivity index (χ3v) is 7.16. The number of hydrogen-bond donors (Lipinski definition) is 2. The number of nitrogens with zero attached hydrogens (tertiary/aromatic N) is 2. The summed E-state index contributed by atoms with van der Waals surface area (Å²) in [7, 11) is 3.19. The number of likely N-dealkylation sites (tertiary alicyclic amines) is 1. The summed E-state index contributed by atoms with van der Waals surface area (Å²) in [6.07, 6.45) is 6.21. The molecule has 2 aliphatic rings. The molecule has 174 valence electrons. The Balaban J connectivity index is 1.36. The van der Waals surface area contributed by atoms with E-state index in [1.54, 1.807) is 32.4 Å². The topological polar surface area (TPSA) is 107 Å². The summed E-state index contributed by atoms with van der Waals surface area (Å²) in [6.45, 7) is 3.37. The number of carbonyl (C=O) groups excluding carboxylic acids is 2. The van der Waals surface area contributed by atoms with Crippen LogP contribution in [0.4, 0.5) is 0 Å². The first-order chi connectivity index (χ1) is 15.9. The lowest BCUT2D eigenvalue weighted by atomic mass is 9.72. The molecule has 2 heterocycles. The minimum absolute atomic E-state index is 0.000978. The number of aromatic amines is 1. The van der Waals surface area contributed by atoms with E-state index >= 15 is 0 Å². The predicted molar refractivity (Wildman–Crippen MR) is 122 cm³/mol. The Kier molecular flexibility index (Phi) is 6.32. The second-order valence-electron chi connectivity index (χ2n) is 9.14. The van der Waals surface area contributed by atoms with Crippen LogP contribution >= 0.6 is 0 Å². The van der Waals surface area contributed by atoms with Crippen molar-refractivity contribution < 1.29 is 19.1 Å². The number of aromatic nitrogens is 1. The highest BCUT2D eigenvalue weighted by Crippen LogP contribution is 2.44. The van der Waals surface area contributed by atoms with Gasteiger partial charge in [-0.3, -0.25) is 9.59 Å². The maximum atomic E-state index is 13.2. The van der Waals surface area contributed by atoms with Crippen LogP contribution in [-0.2, 0) is 0 Å². The Morgan fingerprint density at radius 3 is 2.39 bits per heavy atom. The molecule has 2 fully saturated rings. The van der Waals surface area contributed by atoms with Gasteiger partial charge in [0.2, 0.25) is 0 Å². The minimum atomic E-state index is -0.178. The van der Waals surface area contributed by atoms with Gasteiger partial charge in [-0.25, -0.2) is 0 Å². The maximum absolute atomic E-state index is 13.2. The van der Waals surface area contributed by atoms with E-state index in [1.165, 1.54) is 6.20 Å². The Morgan fingerprint density at radius 2 is 1.82 bits per heavy atom. The number of hydrogen-bond acceptors (Lipinski definition) is 5. The highest BCUT2D eigenvalue weighted by Gasteiger charge is 2.43. The third-order valence-electron chi connectivity index (χ3n) is 7.16. The van der Waals surface area contributed by atoms with E-state index in [4.69, 9.17) is 14.7 Å². The predicted octanol–water partition coefficient (Wildman–Crippen LogP) is 3.42. The molecule has 8 heteroatoms. The molecule has 1 aliphatic carbocycles. The average molecular weight is 451 g/mol. The third kappa shape index (κ3) is 4.54. The van der Waals surface area contributed by atoms with Gasteiger partial charge in [0.15, 0.2) is 0 Å². The number of amides is 2. The van der Waals surface area contributed by atoms with E-state index in [1.807, 2.05) is 17.9 Å². The van der Waals surface area contributed by atoms with Crippen LogP contribution < -0.4 is 14.8 Å². The van der Waals surface area contributed by atoms with Crippen LogP contribution in [0.5, 0.6) is 11.5 Å². The SMILES string of the molecule is COc1cc(C(=O)N2CCC3(CCC(NC(=O)c4cc(C#N)c[nH]4)CC3)C2)cc(OC)c1C. The normalized spacial score (nSPS) is 22.1. The van der Waals surface area contributed by atoms with Crippen molar-refractivity contribution in [3.05, 3.63) is 46.8 Å². The molecule has 8 nitrogen and oxygen atoms in total. The first-order valence-corrected chi connectivity index (χ1v) is 11.3. The Labute approximate surface area is 193 Å². The standard InChI is InChI=1S/C25H30N4O4/c1-16-21(32-2)11-18(12-22(16)33-3)24(31)29-9-8-25(15-29)6-4-19(5-7-25)28-23(30)20-10-17(13-26)14-27-20/h10-12,14,19,27H,4-9,15H2,1-3H3,(H,28,30). The van der Waals surface area contributed by atoms with E-state index < -0.39 is 0 Å². The molecule has 2 amide bonds. The summed E-state index contributed by atoms with van der Waals surface area (Å²) < 4.78 is 10.9. The lowest BCUT2D eigenvalue weighted by Crippen LogP contribution is -2.42. The van der Waals surface area contributed by atoms with Crippen LogP contribution in [0.3, 0.4) is 0 Å². The quantitative estimate of drug-likeness (QED) is 0.726. The lowest BCUT2D eigenvalue weighted by molar-refractivity contribution is 0.0749. The number of methoxy groups -OCH3 is 2. The zero-order chi connectivity index (χ0) is 23.6. The van der Waals surface area contributed by atoms with Gasteiger partial charge in [-0.15, -0.1) is 0 Å². The smallest absolute Gasteiger partial charge is 0.267 e. The molecule has 1 aromatic heterocycles. The molecule has 1 aliphatic heterocycles. The molecule has 1 saturated carbocycles. The summed E-state index contributed by atoms with van der Waals surface area (Å²) in [5, 5.41) is 12.0. The fraction of sp³-hybridized carbons (Fsp3) is 0.480. The number of carbonyl (C=O) groups is 2. The molecule has 2 aromatic rings. The van der Waals surface area contributed by atoms with Gasteiger partial charge in [0.25, 0.3) is 11.8 Å². The molecule has 1 spiro atoms. The highest BCUT2D eigenvalue weighted by molar-refractivity contribution is 5.95. The van der Waals surface area contributed by atoms with Gasteiger partial charge >= 0.3 is 0 Å². The largest absolute Gasteiger partial charge is 0.496 e. The van der Waals surface area contributed by atoms with Crippen molar-refractivity contribution in [2.75, 3.05) is 27.3 Å². The van der Waals surface area contributed by atoms with Gasteiger partial charge in [-0.1, -0.05) is 0 Å². The summed E-state index contributed by atoms with van der Waals surface area (Å²) >= 11 is 0. The summed E-state index contributed by atoms with van der Waals surface area (Å²) in [5.74, 6) is 1.11. The maximum Gasteiger partial charge on any atom is 0.267 e. The summed E-state index contributed by atoms with van der Waals surface area (Å²) in [4.78, 5) is 30.5. The van der Waals surface area contributed by atoms with Gasteiger partial charge in [0.05, 0.1) is 19.8 Å². The molecule has 0 atom stereocenters. The molecule has 4 rings (SSSR count). The summed E-state index contributed by atoms with van der Waals surface area (Å²) in [5.41, 5.74) is 2.42. The second kappa shape index (κ2) is 9.18. The molecule has 0 unspecified atom stereocenters. The summed E-state index contributed by atoms with van der Waals surface area (Å²) in [6, 6.07) is 7.27. The number of benzene rings is 1. The van der Waals surface area contributed by atoms with Crippen LogP contribution in [0.2, 0.25) is 0 Å². The number of rotatable bonds is 5. The van der Waals surface area contributed by atoms with Crippen LogP contribution in [0.1, 0.15) is 64.1 Å². The highest BCUT2D eigenvalue weighted by atomic mass is 16.5. The van der Waals surface area contributed by atoms with Crippen LogP contribution in [0, 0.1) is 23.7 Å². The fourth-order valence-corrected chi connectivity index (χ4v) is 5.14. The van der Waals surface area contributed by atoms with Crippen molar-refractivity contribution in [1.29, 1.82) is 5.26 Å². The molecule has 1 saturated heterocycles. The van der Waals surface area contributed by atoms with Gasteiger partial charge in [0.1, 0.15) is 23.3 Å². The van der Waals surface area contributed by atoms with E-state index in [0.29, 0.717) is 28.3 Å². The van der Waals surface area contributed by atoms with Crippen LogP contribution in [-0.4, -0.2) is 55.0 Å². The lowest BCUT2D eigenvalue weighted by Gasteiger charge is -2.37. The Bertz CT molecular complexity index is 1070. The van der Waals surface area contributed by atoms with Crippen molar-refractivity contribution in [3.63, 3.8) is 0 Å². The number of nitriles is 1. The Hall–Kier alpha value is -3.47. The molecule has 0 bridgehead atoms. The van der Waals surface area contributed by atoms with Gasteiger partial charge in [-0.2, -0.15) is 5.26 Å². The molecule has 2 N–H and O–H groups in total. The fourth-order valence-electron chi connectivity index (χ4n) is 5.14. The first-order valence-electron chi connectivity index (χ1n) is 11.3. The van der Waals surface area contributed by atoms with E-state index in [9.17, 15) is 9.59 Å². The van der Waals surface area contributed by atoms with Crippen molar-refractivity contribution in [3.8, 4) is 17.6 Å². The Morgan fingerprint density at radius 1 is 1.15 bits per heavy atom. The molecular weight excluding hydrogens is 420 g/mol. The molecule has 33 heavy (non-hydrogen) atoms. The second-order valence-corrected chi connectivity index (χ2v) is 9.14. The number of H-pyrrole nitrogens is 1. The van der Waals surface area contributed by atoms with Gasteiger partial charge in [0, 0.05) is 36.5 Å². The average Bonchev–Trinajstić information content (AvgIpc) is 3.48. The van der Waals surface area contributed by atoms with Gasteiger partial charge < -0.3 is 24.7 Å². The van der Waals surface area contributed by atoms with Crippen LogP contribution in [0.25, 0.3) is 0 Å². The van der Waals surface area contributed by atoms with E-state index in [-0.39, 0.29) is 23.3 Å². The van der Waals surface area contributed by atoms with Crippen molar-refractivity contribution in [2.24, 2.45) is 5.41 Å². The molecule has 0 radical (unpaired) electrons. The number of nitrogens with one attached hydrogen (secondary N) is 2. The van der Waals surface area contributed by atoms with Crippen molar-refractivity contribution in [1.82, 2.24) is 15.2 Å². The first kappa shape index (κ1) is 22.7. The zero-order valence-electron chi connectivity index (χ0n) is 19.4. The monoisotopic (exact) mass is 450 g/mol. The van der Waals surface area contributed by atoms with E-state index in [0.717, 1.165) is 50.8 Å². The van der Waals surface area contributed by atoms with E-state index in [2.05, 4.69) is 10.3 Å². The number of ether oxygens (including phenoxy) is 2. The van der Waals surface area contributed by atoms with Crippen LogP contribution in [0.15, 0.2) is 24.4 Å². The molecular formula is C25H30N4O4. The minimum Gasteiger partial charge on any atom is -0.496 e. The zero-order valence-corrected chi connectivity index (χ0v) is 19.4. The van der Waals surface area contributed by atoms with Gasteiger partial charge in [-0.05, 0) is 62.6 Å². The van der Waals surface area contributed by atoms with Crippen molar-refractivity contribution in [2.45, 2.75) is 45.1 Å².